The molecule has 1 aliphatic rings. The molecule has 1 aliphatic carbocycles. The van der Waals surface area contributed by atoms with Crippen LogP contribution in [0.2, 0.25) is 0 Å². The van der Waals surface area contributed by atoms with Crippen LogP contribution in [-0.4, -0.2) is 29.4 Å². The van der Waals surface area contributed by atoms with E-state index < -0.39 is 0 Å². The van der Waals surface area contributed by atoms with E-state index in [2.05, 4.69) is 21.7 Å². The number of nitrogens with one attached hydrogen (secondary N) is 2. The van der Waals surface area contributed by atoms with E-state index >= 15 is 0 Å². The number of nitrogens with zero attached hydrogens (tertiary/aromatic N) is 1. The second kappa shape index (κ2) is 8.06. The van der Waals surface area contributed by atoms with Crippen LogP contribution in [0.3, 0.4) is 0 Å². The van der Waals surface area contributed by atoms with Crippen LogP contribution in [0.15, 0.2) is 42.0 Å². The Morgan fingerprint density at radius 3 is 2.79 bits per heavy atom. The van der Waals surface area contributed by atoms with Crippen LogP contribution >= 0.6 is 11.3 Å². The van der Waals surface area contributed by atoms with Crippen LogP contribution in [-0.2, 0) is 11.2 Å². The molecule has 3 rings (SSSR count). The fourth-order valence-electron chi connectivity index (χ4n) is 3.10. The van der Waals surface area contributed by atoms with Crippen molar-refractivity contribution in [2.75, 3.05) is 6.54 Å². The lowest BCUT2D eigenvalue weighted by Crippen LogP contribution is -2.44. The van der Waals surface area contributed by atoms with Crippen molar-refractivity contribution >= 4 is 23.2 Å². The molecule has 2 heterocycles. The number of aromatic nitrogens is 1. The van der Waals surface area contributed by atoms with Crippen LogP contribution in [0.4, 0.5) is 0 Å². The van der Waals surface area contributed by atoms with E-state index in [0.717, 1.165) is 25.7 Å². The molecule has 0 aromatic carbocycles. The van der Waals surface area contributed by atoms with Crippen molar-refractivity contribution in [3.05, 3.63) is 52.5 Å². The molecule has 0 saturated heterocycles. The summed E-state index contributed by atoms with van der Waals surface area (Å²) in [5, 5.41) is 8.06. The van der Waals surface area contributed by atoms with Gasteiger partial charge in [0.1, 0.15) is 0 Å². The van der Waals surface area contributed by atoms with Gasteiger partial charge in [0.2, 0.25) is 5.91 Å². The van der Waals surface area contributed by atoms with Crippen molar-refractivity contribution in [2.24, 2.45) is 5.92 Å². The van der Waals surface area contributed by atoms with Gasteiger partial charge in [-0.2, -0.15) is 0 Å². The molecule has 1 saturated carbocycles. The van der Waals surface area contributed by atoms with Crippen LogP contribution in [0.5, 0.6) is 0 Å². The van der Waals surface area contributed by atoms with E-state index in [1.54, 1.807) is 35.9 Å². The molecule has 6 heteroatoms. The molecule has 0 aliphatic heterocycles. The molecular formula is C18H21N3O2S. The van der Waals surface area contributed by atoms with E-state index in [4.69, 9.17) is 0 Å². The minimum atomic E-state index is -0.140. The molecule has 0 unspecified atom stereocenters. The summed E-state index contributed by atoms with van der Waals surface area (Å²) in [6.07, 6.45) is 6.68. The predicted octanol–water partition coefficient (Wildman–Crippen LogP) is 2.40. The Hall–Kier alpha value is -2.21. The fraction of sp³-hybridized carbons (Fsp3) is 0.389. The summed E-state index contributed by atoms with van der Waals surface area (Å²) in [5.74, 6) is -0.233. The molecule has 126 valence electrons. The number of rotatable bonds is 6. The Balaban J connectivity index is 1.51. The highest BCUT2D eigenvalue weighted by atomic mass is 32.1. The average Bonchev–Trinajstić information content (AvgIpc) is 3.27. The highest BCUT2D eigenvalue weighted by Gasteiger charge is 2.33. The SMILES string of the molecule is O=C(N[C@@H]1CCC[C@@H]1C(=O)NCCc1cccs1)c1ccncc1. The van der Waals surface area contributed by atoms with Crippen molar-refractivity contribution in [3.63, 3.8) is 0 Å². The zero-order chi connectivity index (χ0) is 16.8. The highest BCUT2D eigenvalue weighted by Crippen LogP contribution is 2.26. The second-order valence-corrected chi connectivity index (χ2v) is 7.01. The lowest BCUT2D eigenvalue weighted by atomic mass is 10.0. The van der Waals surface area contributed by atoms with Gasteiger partial charge in [0, 0.05) is 35.4 Å². The third kappa shape index (κ3) is 4.20. The maximum atomic E-state index is 12.4. The smallest absolute Gasteiger partial charge is 0.251 e. The number of amides is 2. The van der Waals surface area contributed by atoms with E-state index in [9.17, 15) is 9.59 Å². The van der Waals surface area contributed by atoms with Gasteiger partial charge < -0.3 is 10.6 Å². The molecule has 0 radical (unpaired) electrons. The third-order valence-electron chi connectivity index (χ3n) is 4.36. The Morgan fingerprint density at radius 1 is 1.21 bits per heavy atom. The lowest BCUT2D eigenvalue weighted by Gasteiger charge is -2.20. The number of hydrogen-bond donors (Lipinski definition) is 2. The highest BCUT2D eigenvalue weighted by molar-refractivity contribution is 7.09. The van der Waals surface area contributed by atoms with Gasteiger partial charge in [-0.3, -0.25) is 14.6 Å². The summed E-state index contributed by atoms with van der Waals surface area (Å²) < 4.78 is 0. The van der Waals surface area contributed by atoms with Gasteiger partial charge >= 0.3 is 0 Å². The minimum Gasteiger partial charge on any atom is -0.355 e. The summed E-state index contributed by atoms with van der Waals surface area (Å²) in [6, 6.07) is 7.36. The number of carbonyl (C=O) groups is 2. The average molecular weight is 343 g/mol. The van der Waals surface area contributed by atoms with Gasteiger partial charge in [-0.25, -0.2) is 0 Å². The standard InChI is InChI=1S/C18H21N3O2S/c22-17(13-6-9-19-10-7-13)21-16-5-1-4-15(16)18(23)20-11-8-14-3-2-12-24-14/h2-3,6-7,9-10,12,15-16H,1,4-5,8,11H2,(H,20,23)(H,21,22)/t15-,16+/m0/s1. The number of pyridine rings is 1. The first kappa shape index (κ1) is 16.6. The third-order valence-corrected chi connectivity index (χ3v) is 5.30. The van der Waals surface area contributed by atoms with Gasteiger partial charge in [-0.15, -0.1) is 11.3 Å². The van der Waals surface area contributed by atoms with Gasteiger partial charge in [0.15, 0.2) is 0 Å². The summed E-state index contributed by atoms with van der Waals surface area (Å²) >= 11 is 1.70. The zero-order valence-corrected chi connectivity index (χ0v) is 14.2. The van der Waals surface area contributed by atoms with Crippen molar-refractivity contribution in [2.45, 2.75) is 31.7 Å². The molecule has 24 heavy (non-hydrogen) atoms. The Labute approximate surface area is 145 Å². The van der Waals surface area contributed by atoms with Gasteiger partial charge in [0.05, 0.1) is 5.92 Å². The van der Waals surface area contributed by atoms with Crippen LogP contribution in [0, 0.1) is 5.92 Å². The monoisotopic (exact) mass is 343 g/mol. The maximum absolute atomic E-state index is 12.4. The molecule has 0 bridgehead atoms. The first-order valence-corrected chi connectivity index (χ1v) is 9.13. The summed E-state index contributed by atoms with van der Waals surface area (Å²) in [5.41, 5.74) is 0.578. The molecule has 2 aromatic rings. The topological polar surface area (TPSA) is 71.1 Å². The molecular weight excluding hydrogens is 322 g/mol. The second-order valence-electron chi connectivity index (χ2n) is 5.97. The fourth-order valence-corrected chi connectivity index (χ4v) is 3.81. The van der Waals surface area contributed by atoms with E-state index in [-0.39, 0.29) is 23.8 Å². The maximum Gasteiger partial charge on any atom is 0.251 e. The first-order chi connectivity index (χ1) is 11.7. The zero-order valence-electron chi connectivity index (χ0n) is 13.4. The first-order valence-electron chi connectivity index (χ1n) is 8.25. The van der Waals surface area contributed by atoms with Gasteiger partial charge in [-0.05, 0) is 42.8 Å². The largest absolute Gasteiger partial charge is 0.355 e. The Kier molecular flexibility index (Phi) is 5.59. The van der Waals surface area contributed by atoms with Crippen molar-refractivity contribution in [1.29, 1.82) is 0 Å². The van der Waals surface area contributed by atoms with Gasteiger partial charge in [0.25, 0.3) is 5.91 Å². The van der Waals surface area contributed by atoms with E-state index in [1.165, 1.54) is 4.88 Å². The quantitative estimate of drug-likeness (QED) is 0.846. The molecule has 2 amide bonds. The molecule has 2 N–H and O–H groups in total. The summed E-state index contributed by atoms with van der Waals surface area (Å²) in [7, 11) is 0. The number of thiophene rings is 1. The molecule has 2 atom stereocenters. The molecule has 2 aromatic heterocycles. The molecule has 1 fully saturated rings. The van der Waals surface area contributed by atoms with E-state index in [0.29, 0.717) is 12.1 Å². The summed E-state index contributed by atoms with van der Waals surface area (Å²) in [6.45, 7) is 0.640. The van der Waals surface area contributed by atoms with E-state index in [1.807, 2.05) is 11.4 Å². The molecule has 5 nitrogen and oxygen atoms in total. The van der Waals surface area contributed by atoms with Crippen LogP contribution in [0.25, 0.3) is 0 Å². The Bertz CT molecular complexity index is 673. The van der Waals surface area contributed by atoms with Crippen molar-refractivity contribution in [3.8, 4) is 0 Å². The normalized spacial score (nSPS) is 19.8. The predicted molar refractivity (Wildman–Crippen MR) is 93.9 cm³/mol. The van der Waals surface area contributed by atoms with Crippen molar-refractivity contribution < 1.29 is 9.59 Å². The minimum absolute atomic E-state index is 0.0454. The van der Waals surface area contributed by atoms with Crippen molar-refractivity contribution in [1.82, 2.24) is 15.6 Å². The van der Waals surface area contributed by atoms with Crippen LogP contribution in [0.1, 0.15) is 34.5 Å². The number of hydrogen-bond acceptors (Lipinski definition) is 4. The lowest BCUT2D eigenvalue weighted by molar-refractivity contribution is -0.125. The number of carbonyl (C=O) groups excluding carboxylic acids is 2. The van der Waals surface area contributed by atoms with Crippen LogP contribution < -0.4 is 10.6 Å². The van der Waals surface area contributed by atoms with Gasteiger partial charge in [-0.1, -0.05) is 12.5 Å². The molecule has 0 spiro atoms. The Morgan fingerprint density at radius 2 is 2.04 bits per heavy atom. The summed E-state index contributed by atoms with van der Waals surface area (Å²) in [4.78, 5) is 29.9.